The fourth-order valence-electron chi connectivity index (χ4n) is 1.45. The van der Waals surface area contributed by atoms with Gasteiger partial charge in [0, 0.05) is 30.2 Å². The quantitative estimate of drug-likeness (QED) is 0.939. The summed E-state index contributed by atoms with van der Waals surface area (Å²) < 4.78 is 28.1. The fourth-order valence-corrected chi connectivity index (χ4v) is 2.53. The van der Waals surface area contributed by atoms with Gasteiger partial charge in [-0.15, -0.1) is 0 Å². The summed E-state index contributed by atoms with van der Waals surface area (Å²) in [6.07, 6.45) is 1.63. The van der Waals surface area contributed by atoms with Crippen LogP contribution in [0.2, 0.25) is 0 Å². The summed E-state index contributed by atoms with van der Waals surface area (Å²) in [5.74, 6) is 0. The van der Waals surface area contributed by atoms with E-state index in [1.807, 2.05) is 6.07 Å². The van der Waals surface area contributed by atoms with Gasteiger partial charge in [0.2, 0.25) is 0 Å². The molecule has 2 rings (SSSR count). The molecule has 2 aromatic rings. The molecule has 0 fully saturated rings. The first-order valence-electron chi connectivity index (χ1n) is 5.15. The molecule has 0 unspecified atom stereocenters. The van der Waals surface area contributed by atoms with Gasteiger partial charge in [-0.05, 0) is 18.2 Å². The molecule has 0 atom stereocenters. The van der Waals surface area contributed by atoms with Crippen LogP contribution in [0.25, 0.3) is 10.9 Å². The van der Waals surface area contributed by atoms with E-state index in [2.05, 4.69) is 25.6 Å². The van der Waals surface area contributed by atoms with Gasteiger partial charge < -0.3 is 0 Å². The van der Waals surface area contributed by atoms with E-state index in [0.717, 1.165) is 14.2 Å². The molecule has 1 aromatic heterocycles. The van der Waals surface area contributed by atoms with Crippen molar-refractivity contribution < 1.29 is 8.42 Å². The summed E-state index contributed by atoms with van der Waals surface area (Å²) in [5.41, 5.74) is 1.07. The maximum atomic E-state index is 11.8. The molecule has 5 nitrogen and oxygen atoms in total. The van der Waals surface area contributed by atoms with E-state index in [-0.39, 0.29) is 0 Å². The van der Waals surface area contributed by atoms with Crippen molar-refractivity contribution in [2.24, 2.45) is 0 Å². The van der Waals surface area contributed by atoms with Crippen LogP contribution >= 0.6 is 15.9 Å². The van der Waals surface area contributed by atoms with Gasteiger partial charge in [0.05, 0.1) is 11.2 Å². The lowest BCUT2D eigenvalue weighted by molar-refractivity contribution is 0.527. The largest absolute Gasteiger partial charge is 0.301 e. The first kappa shape index (κ1) is 13.3. The number of anilines is 1. The number of hydrogen-bond donors (Lipinski definition) is 1. The second-order valence-electron chi connectivity index (χ2n) is 3.88. The Labute approximate surface area is 114 Å². The Hall–Kier alpha value is -1.18. The molecule has 1 heterocycles. The lowest BCUT2D eigenvalue weighted by Crippen LogP contribution is -2.29. The van der Waals surface area contributed by atoms with Crippen LogP contribution in [0.4, 0.5) is 5.69 Å². The van der Waals surface area contributed by atoms with Crippen molar-refractivity contribution in [2.45, 2.75) is 0 Å². The monoisotopic (exact) mass is 329 g/mol. The molecule has 0 saturated heterocycles. The molecule has 0 amide bonds. The third-order valence-corrected chi connectivity index (χ3v) is 4.57. The molecule has 0 bridgehead atoms. The second kappa shape index (κ2) is 4.83. The number of nitrogens with zero attached hydrogens (tertiary/aromatic N) is 2. The van der Waals surface area contributed by atoms with Gasteiger partial charge >= 0.3 is 10.2 Å². The molecule has 0 aliphatic carbocycles. The molecule has 0 spiro atoms. The molecule has 0 radical (unpaired) electrons. The second-order valence-corrected chi connectivity index (χ2v) is 6.62. The summed E-state index contributed by atoms with van der Waals surface area (Å²) in [4.78, 5) is 4.21. The number of hydrogen-bond acceptors (Lipinski definition) is 3. The molecule has 18 heavy (non-hydrogen) atoms. The normalized spacial score (nSPS) is 12.0. The maximum Gasteiger partial charge on any atom is 0.301 e. The Balaban J connectivity index is 2.57. The van der Waals surface area contributed by atoms with Gasteiger partial charge in [-0.25, -0.2) is 0 Å². The Morgan fingerprint density at radius 2 is 2.00 bits per heavy atom. The Bertz CT molecular complexity index is 686. The maximum absolute atomic E-state index is 11.8. The van der Waals surface area contributed by atoms with E-state index in [9.17, 15) is 8.42 Å². The average Bonchev–Trinajstić information content (AvgIpc) is 2.33. The van der Waals surface area contributed by atoms with Crippen molar-refractivity contribution in [1.29, 1.82) is 0 Å². The van der Waals surface area contributed by atoms with Gasteiger partial charge in [-0.1, -0.05) is 22.0 Å². The van der Waals surface area contributed by atoms with Gasteiger partial charge in [0.25, 0.3) is 0 Å². The van der Waals surface area contributed by atoms with Gasteiger partial charge in [-0.2, -0.15) is 12.7 Å². The highest BCUT2D eigenvalue weighted by atomic mass is 79.9. The highest BCUT2D eigenvalue weighted by Crippen LogP contribution is 2.28. The van der Waals surface area contributed by atoms with E-state index < -0.39 is 10.2 Å². The number of rotatable bonds is 3. The van der Waals surface area contributed by atoms with E-state index >= 15 is 0 Å². The van der Waals surface area contributed by atoms with Crippen molar-refractivity contribution in [1.82, 2.24) is 9.29 Å². The van der Waals surface area contributed by atoms with Crippen molar-refractivity contribution in [3.8, 4) is 0 Å². The van der Waals surface area contributed by atoms with Crippen molar-refractivity contribution in [3.05, 3.63) is 34.9 Å². The summed E-state index contributed by atoms with van der Waals surface area (Å²) in [6.45, 7) is 0. The number of halogens is 1. The number of pyridine rings is 1. The lowest BCUT2D eigenvalue weighted by Gasteiger charge is -2.14. The van der Waals surface area contributed by atoms with Crippen LogP contribution in [-0.2, 0) is 10.2 Å². The highest BCUT2D eigenvalue weighted by molar-refractivity contribution is 9.10. The summed E-state index contributed by atoms with van der Waals surface area (Å²) in [7, 11) is -0.589. The molecule has 0 aliphatic heterocycles. The molecule has 7 heteroatoms. The first-order chi connectivity index (χ1) is 8.42. The minimum Gasteiger partial charge on any atom is -0.269 e. The van der Waals surface area contributed by atoms with Crippen LogP contribution in [0, 0.1) is 0 Å². The molecular formula is C11H12BrN3O2S. The van der Waals surface area contributed by atoms with E-state index in [1.54, 1.807) is 24.4 Å². The van der Waals surface area contributed by atoms with E-state index in [4.69, 9.17) is 0 Å². The van der Waals surface area contributed by atoms with Crippen LogP contribution < -0.4 is 4.72 Å². The van der Waals surface area contributed by atoms with Crippen molar-refractivity contribution in [2.75, 3.05) is 18.8 Å². The lowest BCUT2D eigenvalue weighted by atomic mass is 10.2. The zero-order valence-electron chi connectivity index (χ0n) is 9.88. The fraction of sp³-hybridized carbons (Fsp3) is 0.182. The standard InChI is InChI=1S/C11H12BrN3O2S/c1-15(2)18(16,17)14-10-6-5-9(12)8-4-3-7-13-11(8)10/h3-7,14H,1-2H3. The topological polar surface area (TPSA) is 62.3 Å². The first-order valence-corrected chi connectivity index (χ1v) is 7.38. The van der Waals surface area contributed by atoms with Crippen molar-refractivity contribution in [3.63, 3.8) is 0 Å². The minimum absolute atomic E-state index is 0.461. The molecule has 1 N–H and O–H groups in total. The Kier molecular flexibility index (Phi) is 3.56. The summed E-state index contributed by atoms with van der Waals surface area (Å²) in [5, 5.41) is 0.858. The zero-order chi connectivity index (χ0) is 13.3. The van der Waals surface area contributed by atoms with E-state index in [1.165, 1.54) is 14.1 Å². The molecule has 0 aliphatic rings. The predicted octanol–water partition coefficient (Wildman–Crippen LogP) is 2.22. The zero-order valence-corrected chi connectivity index (χ0v) is 12.3. The number of benzene rings is 1. The Morgan fingerprint density at radius 3 is 2.67 bits per heavy atom. The molecule has 1 aromatic carbocycles. The minimum atomic E-state index is -3.53. The van der Waals surface area contributed by atoms with Gasteiger partial charge in [-0.3, -0.25) is 9.71 Å². The SMILES string of the molecule is CN(C)S(=O)(=O)Nc1ccc(Br)c2cccnc12. The summed E-state index contributed by atoms with van der Waals surface area (Å²) in [6, 6.07) is 7.15. The van der Waals surface area contributed by atoms with E-state index in [0.29, 0.717) is 11.2 Å². The number of aromatic nitrogens is 1. The third kappa shape index (κ3) is 2.47. The van der Waals surface area contributed by atoms with Crippen LogP contribution in [0.1, 0.15) is 0 Å². The molecular weight excluding hydrogens is 318 g/mol. The van der Waals surface area contributed by atoms with Crippen LogP contribution in [-0.4, -0.2) is 31.8 Å². The van der Waals surface area contributed by atoms with Crippen LogP contribution in [0.5, 0.6) is 0 Å². The third-order valence-electron chi connectivity index (χ3n) is 2.44. The van der Waals surface area contributed by atoms with Gasteiger partial charge in [0.1, 0.15) is 0 Å². The Morgan fingerprint density at radius 1 is 1.28 bits per heavy atom. The van der Waals surface area contributed by atoms with Crippen LogP contribution in [0.3, 0.4) is 0 Å². The van der Waals surface area contributed by atoms with Crippen molar-refractivity contribution >= 4 is 42.7 Å². The smallest absolute Gasteiger partial charge is 0.269 e. The number of fused-ring (bicyclic) bond motifs is 1. The predicted molar refractivity (Wildman–Crippen MR) is 75.7 cm³/mol. The summed E-state index contributed by atoms with van der Waals surface area (Å²) >= 11 is 3.41. The van der Waals surface area contributed by atoms with Gasteiger partial charge in [0.15, 0.2) is 0 Å². The highest BCUT2D eigenvalue weighted by Gasteiger charge is 2.15. The molecule has 0 saturated carbocycles. The molecule has 96 valence electrons. The average molecular weight is 330 g/mol. The van der Waals surface area contributed by atoms with Crippen LogP contribution in [0.15, 0.2) is 34.9 Å². The number of nitrogens with one attached hydrogen (secondary N) is 1.